The maximum Gasteiger partial charge on any atom is 0.352 e. The van der Waals surface area contributed by atoms with E-state index in [1.165, 1.54) is 0 Å². The smallest absolute Gasteiger partial charge is 0.352 e. The van der Waals surface area contributed by atoms with Crippen molar-refractivity contribution in [2.24, 2.45) is 0 Å². The Kier molecular flexibility index (Phi) is 2.69. The Morgan fingerprint density at radius 2 is 2.31 bits per heavy atom. The molecule has 1 aromatic carbocycles. The molecule has 1 N–H and O–H groups in total. The summed E-state index contributed by atoms with van der Waals surface area (Å²) in [7, 11) is 0. The summed E-state index contributed by atoms with van der Waals surface area (Å²) in [4.78, 5) is 11.3. The molecule has 83 valence electrons. The standard InChI is InChI=1S/C13H14NO2/c1-3-8-14-11-7-5-4-6-10(11)9(2)12(14)13(15)16/h5-7H,3,8H2,1-2H3,(H,15,16). The van der Waals surface area contributed by atoms with Gasteiger partial charge in [0.25, 0.3) is 0 Å². The fourth-order valence-corrected chi connectivity index (χ4v) is 2.14. The lowest BCUT2D eigenvalue weighted by molar-refractivity contribution is 0.0685. The molecule has 2 rings (SSSR count). The Balaban J connectivity index is 2.80. The lowest BCUT2D eigenvalue weighted by atomic mass is 10.1. The quantitative estimate of drug-likeness (QED) is 0.857. The molecule has 0 aliphatic carbocycles. The number of hydrogen-bond acceptors (Lipinski definition) is 1. The van der Waals surface area contributed by atoms with Gasteiger partial charge in [0.05, 0.1) is 0 Å². The van der Waals surface area contributed by atoms with Crippen molar-refractivity contribution in [1.82, 2.24) is 4.57 Å². The average molecular weight is 216 g/mol. The highest BCUT2D eigenvalue weighted by Gasteiger charge is 2.18. The molecule has 0 bridgehead atoms. The zero-order valence-corrected chi connectivity index (χ0v) is 9.45. The van der Waals surface area contributed by atoms with Crippen molar-refractivity contribution in [2.45, 2.75) is 26.8 Å². The van der Waals surface area contributed by atoms with Gasteiger partial charge in [-0.3, -0.25) is 0 Å². The number of aryl methyl sites for hydroxylation is 2. The van der Waals surface area contributed by atoms with Crippen LogP contribution >= 0.6 is 0 Å². The molecule has 2 aromatic rings. The molecule has 1 radical (unpaired) electrons. The molecule has 0 unspecified atom stereocenters. The molecule has 0 saturated heterocycles. The molecule has 16 heavy (non-hydrogen) atoms. The van der Waals surface area contributed by atoms with Gasteiger partial charge in [-0.25, -0.2) is 4.79 Å². The molecule has 0 aliphatic heterocycles. The summed E-state index contributed by atoms with van der Waals surface area (Å²) in [5.41, 5.74) is 2.21. The Morgan fingerprint density at radius 3 is 2.94 bits per heavy atom. The van der Waals surface area contributed by atoms with E-state index >= 15 is 0 Å². The Morgan fingerprint density at radius 1 is 1.56 bits per heavy atom. The van der Waals surface area contributed by atoms with Crippen molar-refractivity contribution >= 4 is 16.9 Å². The van der Waals surface area contributed by atoms with E-state index < -0.39 is 5.97 Å². The zero-order chi connectivity index (χ0) is 11.7. The van der Waals surface area contributed by atoms with Crippen molar-refractivity contribution in [3.05, 3.63) is 35.5 Å². The van der Waals surface area contributed by atoms with Gasteiger partial charge in [0.2, 0.25) is 0 Å². The second-order valence-electron chi connectivity index (χ2n) is 3.87. The predicted molar refractivity (Wildman–Crippen MR) is 62.8 cm³/mol. The molecular formula is C13H14NO2. The minimum atomic E-state index is -0.859. The predicted octanol–water partition coefficient (Wildman–Crippen LogP) is 2.86. The largest absolute Gasteiger partial charge is 0.477 e. The number of aromatic nitrogens is 1. The van der Waals surface area contributed by atoms with Gasteiger partial charge in [-0.15, -0.1) is 0 Å². The summed E-state index contributed by atoms with van der Waals surface area (Å²) in [5.74, 6) is -0.859. The van der Waals surface area contributed by atoms with Gasteiger partial charge in [0.1, 0.15) is 5.69 Å². The molecule has 3 heteroatoms. The molecule has 0 saturated carbocycles. The van der Waals surface area contributed by atoms with E-state index in [4.69, 9.17) is 0 Å². The number of aromatic carboxylic acids is 1. The van der Waals surface area contributed by atoms with Gasteiger partial charge >= 0.3 is 5.97 Å². The highest BCUT2D eigenvalue weighted by Crippen LogP contribution is 2.25. The van der Waals surface area contributed by atoms with Gasteiger partial charge in [-0.1, -0.05) is 13.0 Å². The lowest BCUT2D eigenvalue weighted by Gasteiger charge is -2.06. The van der Waals surface area contributed by atoms with E-state index in [-0.39, 0.29) is 0 Å². The lowest BCUT2D eigenvalue weighted by Crippen LogP contribution is -2.09. The fraction of sp³-hybridized carbons (Fsp3) is 0.308. The molecule has 0 fully saturated rings. The Bertz CT molecular complexity index is 540. The monoisotopic (exact) mass is 216 g/mol. The van der Waals surface area contributed by atoms with Gasteiger partial charge in [-0.2, -0.15) is 0 Å². The number of nitrogens with zero attached hydrogens (tertiary/aromatic N) is 1. The van der Waals surface area contributed by atoms with Crippen LogP contribution in [0, 0.1) is 13.0 Å². The second kappa shape index (κ2) is 4.00. The van der Waals surface area contributed by atoms with E-state index in [1.807, 2.05) is 36.6 Å². The molecule has 1 aromatic heterocycles. The summed E-state index contributed by atoms with van der Waals surface area (Å²) < 4.78 is 1.88. The number of benzene rings is 1. The van der Waals surface area contributed by atoms with Crippen molar-refractivity contribution in [2.75, 3.05) is 0 Å². The van der Waals surface area contributed by atoms with Crippen LogP contribution in [0.25, 0.3) is 10.9 Å². The van der Waals surface area contributed by atoms with Crippen molar-refractivity contribution in [1.29, 1.82) is 0 Å². The van der Waals surface area contributed by atoms with Gasteiger partial charge in [0.15, 0.2) is 0 Å². The van der Waals surface area contributed by atoms with E-state index in [0.717, 1.165) is 29.4 Å². The topological polar surface area (TPSA) is 42.2 Å². The number of carboxylic acid groups (broad SMARTS) is 1. The van der Waals surface area contributed by atoms with Crippen LogP contribution in [0.3, 0.4) is 0 Å². The number of fused-ring (bicyclic) bond motifs is 1. The van der Waals surface area contributed by atoms with Crippen LogP contribution in [0.2, 0.25) is 0 Å². The molecule has 3 nitrogen and oxygen atoms in total. The van der Waals surface area contributed by atoms with Gasteiger partial charge in [0, 0.05) is 17.4 Å². The van der Waals surface area contributed by atoms with E-state index in [1.54, 1.807) is 0 Å². The van der Waals surface area contributed by atoms with Crippen LogP contribution in [0.1, 0.15) is 29.4 Å². The highest BCUT2D eigenvalue weighted by molar-refractivity contribution is 5.97. The Labute approximate surface area is 94.3 Å². The number of carbonyl (C=O) groups is 1. The number of rotatable bonds is 3. The van der Waals surface area contributed by atoms with Gasteiger partial charge < -0.3 is 9.67 Å². The molecule has 1 heterocycles. The third-order valence-corrected chi connectivity index (χ3v) is 2.81. The number of hydrogen-bond donors (Lipinski definition) is 1. The molecule has 0 amide bonds. The molecule has 0 spiro atoms. The first kappa shape index (κ1) is 10.7. The molecule has 0 aliphatic rings. The first-order chi connectivity index (χ1) is 7.66. The second-order valence-corrected chi connectivity index (χ2v) is 3.87. The SMILES string of the molecule is CCCn1c(C(=O)O)c(C)c2c[c]ccc21. The van der Waals surface area contributed by atoms with Crippen LogP contribution in [0.15, 0.2) is 18.2 Å². The first-order valence-electron chi connectivity index (χ1n) is 5.39. The Hall–Kier alpha value is -1.77. The van der Waals surface area contributed by atoms with Crippen molar-refractivity contribution < 1.29 is 9.90 Å². The summed E-state index contributed by atoms with van der Waals surface area (Å²) >= 11 is 0. The van der Waals surface area contributed by atoms with Crippen molar-refractivity contribution in [3.8, 4) is 0 Å². The molecular weight excluding hydrogens is 202 g/mol. The third kappa shape index (κ3) is 1.48. The summed E-state index contributed by atoms with van der Waals surface area (Å²) in [6.45, 7) is 4.63. The summed E-state index contributed by atoms with van der Waals surface area (Å²) in [6, 6.07) is 8.58. The highest BCUT2D eigenvalue weighted by atomic mass is 16.4. The normalized spacial score (nSPS) is 10.9. The third-order valence-electron chi connectivity index (χ3n) is 2.81. The average Bonchev–Trinajstić information content (AvgIpc) is 2.54. The first-order valence-corrected chi connectivity index (χ1v) is 5.39. The van der Waals surface area contributed by atoms with Crippen LogP contribution in [0.5, 0.6) is 0 Å². The van der Waals surface area contributed by atoms with E-state index in [2.05, 4.69) is 6.07 Å². The van der Waals surface area contributed by atoms with Crippen LogP contribution in [0.4, 0.5) is 0 Å². The minimum absolute atomic E-state index is 0.399. The molecule has 0 atom stereocenters. The van der Waals surface area contributed by atoms with Crippen molar-refractivity contribution in [3.63, 3.8) is 0 Å². The van der Waals surface area contributed by atoms with E-state index in [0.29, 0.717) is 5.69 Å². The zero-order valence-electron chi connectivity index (χ0n) is 9.45. The summed E-state index contributed by atoms with van der Waals surface area (Å²) in [5, 5.41) is 10.2. The number of carboxylic acids is 1. The maximum atomic E-state index is 11.3. The fourth-order valence-electron chi connectivity index (χ4n) is 2.14. The van der Waals surface area contributed by atoms with Crippen LogP contribution in [-0.4, -0.2) is 15.6 Å². The van der Waals surface area contributed by atoms with E-state index in [9.17, 15) is 9.90 Å². The van der Waals surface area contributed by atoms with Crippen LogP contribution < -0.4 is 0 Å². The van der Waals surface area contributed by atoms with Crippen LogP contribution in [-0.2, 0) is 6.54 Å². The van der Waals surface area contributed by atoms with Gasteiger partial charge in [-0.05, 0) is 37.1 Å². The minimum Gasteiger partial charge on any atom is -0.477 e. The summed E-state index contributed by atoms with van der Waals surface area (Å²) in [6.07, 6.45) is 0.919. The maximum absolute atomic E-state index is 11.3.